The molecule has 1 saturated heterocycles. The number of rotatable bonds is 4. The Balaban J connectivity index is 1.59. The molecule has 4 nitrogen and oxygen atoms in total. The zero-order chi connectivity index (χ0) is 16.2. The number of likely N-dealkylation sites (tertiary alicyclic amines) is 1. The van der Waals surface area contributed by atoms with Gasteiger partial charge in [-0.05, 0) is 55.9 Å². The molecule has 1 aromatic rings. The van der Waals surface area contributed by atoms with E-state index in [1.165, 1.54) is 12.8 Å². The van der Waals surface area contributed by atoms with Gasteiger partial charge in [0.1, 0.15) is 0 Å². The average molecular weight is 310 g/mol. The third-order valence-corrected chi connectivity index (χ3v) is 4.64. The molecule has 1 aromatic carbocycles. The first-order valence-corrected chi connectivity index (χ1v) is 8.31. The third kappa shape index (κ3) is 3.92. The summed E-state index contributed by atoms with van der Waals surface area (Å²) in [6, 6.07) is 7.07. The van der Waals surface area contributed by atoms with Crippen LogP contribution in [0, 0.1) is 24.2 Å². The van der Waals surface area contributed by atoms with Crippen LogP contribution in [-0.4, -0.2) is 36.3 Å². The van der Waals surface area contributed by atoms with Gasteiger partial charge in [0.2, 0.25) is 5.91 Å². The number of amides is 2. The number of piperidine rings is 1. The molecule has 3 rings (SSSR count). The van der Waals surface area contributed by atoms with E-state index in [4.69, 9.17) is 6.42 Å². The maximum atomic E-state index is 12.6. The Labute approximate surface area is 137 Å². The van der Waals surface area contributed by atoms with Crippen molar-refractivity contribution in [3.8, 4) is 12.3 Å². The van der Waals surface area contributed by atoms with Crippen LogP contribution in [0.25, 0.3) is 0 Å². The third-order valence-electron chi connectivity index (χ3n) is 4.64. The fourth-order valence-electron chi connectivity index (χ4n) is 2.98. The van der Waals surface area contributed by atoms with E-state index >= 15 is 0 Å². The van der Waals surface area contributed by atoms with Crippen molar-refractivity contribution in [1.29, 1.82) is 0 Å². The topological polar surface area (TPSA) is 49.4 Å². The lowest BCUT2D eigenvalue weighted by Gasteiger charge is -2.32. The minimum absolute atomic E-state index is 0.0201. The summed E-state index contributed by atoms with van der Waals surface area (Å²) in [5, 5.41) is 3.03. The maximum Gasteiger partial charge on any atom is 0.253 e. The van der Waals surface area contributed by atoms with Crippen LogP contribution in [0.2, 0.25) is 0 Å². The van der Waals surface area contributed by atoms with Gasteiger partial charge in [0.05, 0.1) is 5.92 Å². The Hall–Kier alpha value is -2.28. The first-order valence-electron chi connectivity index (χ1n) is 8.31. The number of hydrogen-bond donors (Lipinski definition) is 1. The maximum absolute atomic E-state index is 12.6. The highest BCUT2D eigenvalue weighted by Gasteiger charge is 2.30. The zero-order valence-electron chi connectivity index (χ0n) is 13.3. The van der Waals surface area contributed by atoms with Crippen molar-refractivity contribution in [3.63, 3.8) is 0 Å². The van der Waals surface area contributed by atoms with Gasteiger partial charge in [-0.15, -0.1) is 6.42 Å². The van der Waals surface area contributed by atoms with Crippen LogP contribution in [0.5, 0.6) is 0 Å². The molecule has 2 amide bonds. The lowest BCUT2D eigenvalue weighted by atomic mass is 9.96. The number of benzene rings is 1. The van der Waals surface area contributed by atoms with Gasteiger partial charge in [-0.25, -0.2) is 0 Å². The highest BCUT2D eigenvalue weighted by atomic mass is 16.2. The van der Waals surface area contributed by atoms with Crippen LogP contribution in [0.1, 0.15) is 41.6 Å². The fourth-order valence-corrected chi connectivity index (χ4v) is 2.98. The van der Waals surface area contributed by atoms with E-state index in [9.17, 15) is 9.59 Å². The summed E-state index contributed by atoms with van der Waals surface area (Å²) in [5.41, 5.74) is 1.39. The minimum atomic E-state index is -0.0866. The molecule has 1 heterocycles. The molecule has 0 spiro atoms. The summed E-state index contributed by atoms with van der Waals surface area (Å²) in [4.78, 5) is 26.6. The number of carbonyl (C=O) groups excluding carboxylic acids is 2. The number of nitrogens with one attached hydrogen (secondary N) is 1. The van der Waals surface area contributed by atoms with E-state index < -0.39 is 0 Å². The van der Waals surface area contributed by atoms with Crippen molar-refractivity contribution in [2.24, 2.45) is 11.8 Å². The highest BCUT2D eigenvalue weighted by molar-refractivity contribution is 5.94. The van der Waals surface area contributed by atoms with Crippen molar-refractivity contribution >= 4 is 11.8 Å². The number of terminal acetylenes is 1. The van der Waals surface area contributed by atoms with Crippen molar-refractivity contribution in [2.45, 2.75) is 25.7 Å². The van der Waals surface area contributed by atoms with Crippen LogP contribution in [0.3, 0.4) is 0 Å². The molecule has 120 valence electrons. The van der Waals surface area contributed by atoms with E-state index in [0.717, 1.165) is 24.9 Å². The monoisotopic (exact) mass is 310 g/mol. The van der Waals surface area contributed by atoms with Gasteiger partial charge in [-0.1, -0.05) is 5.92 Å². The molecule has 1 unspecified atom stereocenters. The standard InChI is InChI=1S/C19H22N2O2/c1-2-14-7-9-16(10-8-14)19(23)21-11-3-4-17(13-21)18(22)20-12-15-5-6-15/h1,7-10,15,17H,3-6,11-13H2,(H,20,22). The minimum Gasteiger partial charge on any atom is -0.356 e. The fraction of sp³-hybridized carbons (Fsp3) is 0.474. The largest absolute Gasteiger partial charge is 0.356 e. The summed E-state index contributed by atoms with van der Waals surface area (Å²) in [6.07, 6.45) is 9.51. The van der Waals surface area contributed by atoms with Crippen molar-refractivity contribution in [3.05, 3.63) is 35.4 Å². The second kappa shape index (κ2) is 6.87. The van der Waals surface area contributed by atoms with E-state index in [1.54, 1.807) is 29.2 Å². The molecule has 1 atom stereocenters. The zero-order valence-corrected chi connectivity index (χ0v) is 13.3. The number of nitrogens with zero attached hydrogens (tertiary/aromatic N) is 1. The second-order valence-corrected chi connectivity index (χ2v) is 6.50. The Morgan fingerprint density at radius 1 is 1.22 bits per heavy atom. The van der Waals surface area contributed by atoms with Gasteiger partial charge in [0.15, 0.2) is 0 Å². The summed E-state index contributed by atoms with van der Waals surface area (Å²) in [7, 11) is 0. The van der Waals surface area contributed by atoms with Crippen LogP contribution in [0.15, 0.2) is 24.3 Å². The van der Waals surface area contributed by atoms with Gasteiger partial charge in [0.25, 0.3) is 5.91 Å². The Bertz CT molecular complexity index is 626. The SMILES string of the molecule is C#Cc1ccc(C(=O)N2CCCC(C(=O)NCC3CC3)C2)cc1. The van der Waals surface area contributed by atoms with Crippen LogP contribution in [0.4, 0.5) is 0 Å². The molecule has 23 heavy (non-hydrogen) atoms. The van der Waals surface area contributed by atoms with Crippen molar-refractivity contribution in [2.75, 3.05) is 19.6 Å². The lowest BCUT2D eigenvalue weighted by Crippen LogP contribution is -2.45. The Kier molecular flexibility index (Phi) is 4.66. The summed E-state index contributed by atoms with van der Waals surface area (Å²) >= 11 is 0. The normalized spacial score (nSPS) is 20.7. The quantitative estimate of drug-likeness (QED) is 0.865. The van der Waals surface area contributed by atoms with E-state index in [0.29, 0.717) is 24.6 Å². The van der Waals surface area contributed by atoms with E-state index in [2.05, 4.69) is 11.2 Å². The van der Waals surface area contributed by atoms with Crippen molar-refractivity contribution in [1.82, 2.24) is 10.2 Å². The number of hydrogen-bond acceptors (Lipinski definition) is 2. The summed E-state index contributed by atoms with van der Waals surface area (Å²) < 4.78 is 0. The molecule has 0 radical (unpaired) electrons. The van der Waals surface area contributed by atoms with Gasteiger partial charge in [-0.3, -0.25) is 9.59 Å². The van der Waals surface area contributed by atoms with E-state index in [-0.39, 0.29) is 17.7 Å². The summed E-state index contributed by atoms with van der Waals surface area (Å²) in [6.45, 7) is 2.01. The molecule has 1 aliphatic heterocycles. The molecule has 0 bridgehead atoms. The van der Waals surface area contributed by atoms with Crippen LogP contribution >= 0.6 is 0 Å². The van der Waals surface area contributed by atoms with Gasteiger partial charge in [0, 0.05) is 30.8 Å². The molecule has 2 fully saturated rings. The van der Waals surface area contributed by atoms with Gasteiger partial charge < -0.3 is 10.2 Å². The predicted molar refractivity (Wildman–Crippen MR) is 88.7 cm³/mol. The molecular formula is C19H22N2O2. The lowest BCUT2D eigenvalue weighted by molar-refractivity contribution is -0.126. The molecule has 1 saturated carbocycles. The van der Waals surface area contributed by atoms with E-state index in [1.807, 2.05) is 0 Å². The second-order valence-electron chi connectivity index (χ2n) is 6.50. The Morgan fingerprint density at radius 3 is 2.61 bits per heavy atom. The number of carbonyl (C=O) groups is 2. The highest BCUT2D eigenvalue weighted by Crippen LogP contribution is 2.28. The van der Waals surface area contributed by atoms with Crippen LogP contribution in [-0.2, 0) is 4.79 Å². The molecule has 4 heteroatoms. The van der Waals surface area contributed by atoms with Crippen molar-refractivity contribution < 1.29 is 9.59 Å². The molecule has 1 N–H and O–H groups in total. The molecule has 2 aliphatic rings. The van der Waals surface area contributed by atoms with Crippen LogP contribution < -0.4 is 5.32 Å². The molecule has 0 aromatic heterocycles. The van der Waals surface area contributed by atoms with Gasteiger partial charge >= 0.3 is 0 Å². The predicted octanol–water partition coefficient (Wildman–Crippen LogP) is 2.05. The Morgan fingerprint density at radius 2 is 1.96 bits per heavy atom. The smallest absolute Gasteiger partial charge is 0.253 e. The first kappa shape index (κ1) is 15.6. The molecular weight excluding hydrogens is 288 g/mol. The first-order chi connectivity index (χ1) is 11.2. The molecule has 1 aliphatic carbocycles. The summed E-state index contributed by atoms with van der Waals surface area (Å²) in [5.74, 6) is 3.21. The van der Waals surface area contributed by atoms with Gasteiger partial charge in [-0.2, -0.15) is 0 Å². The average Bonchev–Trinajstić information content (AvgIpc) is 3.43.